The van der Waals surface area contributed by atoms with E-state index in [-0.39, 0.29) is 0 Å². The molecule has 2 aromatic rings. The van der Waals surface area contributed by atoms with E-state index in [1.807, 2.05) is 7.11 Å². The van der Waals surface area contributed by atoms with Gasteiger partial charge in [-0.15, -0.1) is 11.3 Å². The predicted octanol–water partition coefficient (Wildman–Crippen LogP) is 3.48. The van der Waals surface area contributed by atoms with Crippen LogP contribution in [-0.4, -0.2) is 36.2 Å². The number of ether oxygens (including phenoxy) is 1. The van der Waals surface area contributed by atoms with Crippen molar-refractivity contribution in [1.29, 1.82) is 0 Å². The van der Waals surface area contributed by atoms with Gasteiger partial charge in [0.2, 0.25) is 0 Å². The van der Waals surface area contributed by atoms with Crippen LogP contribution in [-0.2, 0) is 11.3 Å². The molecule has 1 aliphatic heterocycles. The minimum Gasteiger partial charge on any atom is -0.381 e. The highest BCUT2D eigenvalue weighted by Gasteiger charge is 2.19. The van der Waals surface area contributed by atoms with Crippen LogP contribution in [0.1, 0.15) is 18.5 Å². The highest BCUT2D eigenvalue weighted by atomic mass is 32.1. The van der Waals surface area contributed by atoms with Crippen LogP contribution in [0.5, 0.6) is 0 Å². The molecule has 1 fully saturated rings. The Morgan fingerprint density at radius 3 is 2.89 bits per heavy atom. The summed E-state index contributed by atoms with van der Waals surface area (Å²) in [5, 5.41) is 7.59. The highest BCUT2D eigenvalue weighted by molar-refractivity contribution is 7.14. The predicted molar refractivity (Wildman–Crippen MR) is 80.7 cm³/mol. The minimum atomic E-state index is 0.452. The molecular formula is C14H18N2OS2. The number of hydrogen-bond acceptors (Lipinski definition) is 5. The van der Waals surface area contributed by atoms with Crippen LogP contribution < -0.4 is 0 Å². The van der Waals surface area contributed by atoms with Crippen LogP contribution in [0.3, 0.4) is 0 Å². The van der Waals surface area contributed by atoms with E-state index in [4.69, 9.17) is 9.72 Å². The number of likely N-dealkylation sites (tertiary alicyclic amines) is 1. The number of nitrogens with zero attached hydrogens (tertiary/aromatic N) is 2. The number of methoxy groups -OCH3 is 1. The average molecular weight is 294 g/mol. The Morgan fingerprint density at radius 1 is 1.37 bits per heavy atom. The van der Waals surface area contributed by atoms with Crippen molar-refractivity contribution in [3.8, 4) is 10.6 Å². The SMILES string of the molecule is COC1CCN(Cc2csc(-c3ccsc3)n2)CC1. The van der Waals surface area contributed by atoms with Crippen LogP contribution in [0.25, 0.3) is 10.6 Å². The normalized spacial score (nSPS) is 17.9. The Hall–Kier alpha value is -0.750. The molecule has 5 heteroatoms. The van der Waals surface area contributed by atoms with Crippen LogP contribution in [0.15, 0.2) is 22.2 Å². The molecule has 0 aromatic carbocycles. The quantitative estimate of drug-likeness (QED) is 0.863. The lowest BCUT2D eigenvalue weighted by molar-refractivity contribution is 0.0386. The van der Waals surface area contributed by atoms with Crippen molar-refractivity contribution < 1.29 is 4.74 Å². The molecule has 0 radical (unpaired) electrons. The molecule has 0 aliphatic carbocycles. The zero-order chi connectivity index (χ0) is 13.1. The molecule has 1 saturated heterocycles. The third kappa shape index (κ3) is 3.23. The van der Waals surface area contributed by atoms with Gasteiger partial charge in [-0.25, -0.2) is 4.98 Å². The maximum atomic E-state index is 5.40. The van der Waals surface area contributed by atoms with Gasteiger partial charge in [0.1, 0.15) is 5.01 Å². The van der Waals surface area contributed by atoms with Crippen LogP contribution in [0, 0.1) is 0 Å². The summed E-state index contributed by atoms with van der Waals surface area (Å²) in [5.74, 6) is 0. The number of hydrogen-bond donors (Lipinski definition) is 0. The lowest BCUT2D eigenvalue weighted by Gasteiger charge is -2.30. The molecule has 102 valence electrons. The lowest BCUT2D eigenvalue weighted by Crippen LogP contribution is -2.36. The molecule has 2 aromatic heterocycles. The monoisotopic (exact) mass is 294 g/mol. The number of thiophene rings is 1. The Kier molecular flexibility index (Phi) is 4.28. The fourth-order valence-electron chi connectivity index (χ4n) is 2.43. The van der Waals surface area contributed by atoms with E-state index in [0.29, 0.717) is 6.10 Å². The zero-order valence-corrected chi connectivity index (χ0v) is 12.7. The number of aromatic nitrogens is 1. The summed E-state index contributed by atoms with van der Waals surface area (Å²) in [5.41, 5.74) is 2.45. The van der Waals surface area contributed by atoms with E-state index in [9.17, 15) is 0 Å². The van der Waals surface area contributed by atoms with Gasteiger partial charge in [-0.3, -0.25) is 4.90 Å². The molecule has 0 saturated carbocycles. The molecule has 0 N–H and O–H groups in total. The van der Waals surface area contributed by atoms with Crippen molar-refractivity contribution in [2.75, 3.05) is 20.2 Å². The summed E-state index contributed by atoms with van der Waals surface area (Å²) in [6.45, 7) is 3.20. The molecule has 0 atom stereocenters. The molecule has 3 rings (SSSR count). The van der Waals surface area contributed by atoms with E-state index in [0.717, 1.165) is 37.5 Å². The first-order chi connectivity index (χ1) is 9.35. The largest absolute Gasteiger partial charge is 0.381 e. The summed E-state index contributed by atoms with van der Waals surface area (Å²) in [6, 6.07) is 2.14. The van der Waals surface area contributed by atoms with Crippen LogP contribution in [0.4, 0.5) is 0 Å². The number of rotatable bonds is 4. The van der Waals surface area contributed by atoms with Gasteiger partial charge in [0.15, 0.2) is 0 Å². The van der Waals surface area contributed by atoms with Crippen molar-refractivity contribution >= 4 is 22.7 Å². The topological polar surface area (TPSA) is 25.4 Å². The van der Waals surface area contributed by atoms with Crippen LogP contribution >= 0.6 is 22.7 Å². The lowest BCUT2D eigenvalue weighted by atomic mass is 10.1. The molecule has 0 unspecified atom stereocenters. The van der Waals surface area contributed by atoms with Crippen molar-refractivity contribution in [2.45, 2.75) is 25.5 Å². The van der Waals surface area contributed by atoms with E-state index < -0.39 is 0 Å². The molecule has 0 spiro atoms. The summed E-state index contributed by atoms with van der Waals surface area (Å²) in [7, 11) is 1.81. The van der Waals surface area contributed by atoms with Gasteiger partial charge in [0.25, 0.3) is 0 Å². The average Bonchev–Trinajstić information content (AvgIpc) is 3.10. The fraction of sp³-hybridized carbons (Fsp3) is 0.500. The fourth-order valence-corrected chi connectivity index (χ4v) is 3.95. The summed E-state index contributed by atoms with van der Waals surface area (Å²) < 4.78 is 5.40. The molecule has 1 aliphatic rings. The van der Waals surface area contributed by atoms with Crippen molar-refractivity contribution in [2.24, 2.45) is 0 Å². The molecular weight excluding hydrogens is 276 g/mol. The molecule has 3 nitrogen and oxygen atoms in total. The Labute approximate surface area is 121 Å². The van der Waals surface area contributed by atoms with Gasteiger partial charge in [-0.05, 0) is 24.3 Å². The maximum Gasteiger partial charge on any atom is 0.124 e. The first-order valence-corrected chi connectivity index (χ1v) is 8.39. The van der Waals surface area contributed by atoms with Gasteiger partial charge in [-0.2, -0.15) is 11.3 Å². The molecule has 0 bridgehead atoms. The van der Waals surface area contributed by atoms with Gasteiger partial charge < -0.3 is 4.74 Å². The third-order valence-electron chi connectivity index (χ3n) is 3.57. The van der Waals surface area contributed by atoms with Crippen LogP contribution in [0.2, 0.25) is 0 Å². The van der Waals surface area contributed by atoms with Gasteiger partial charge in [0.05, 0.1) is 11.8 Å². The number of thiazole rings is 1. The van der Waals surface area contributed by atoms with E-state index in [1.165, 1.54) is 11.3 Å². The van der Waals surface area contributed by atoms with Crippen molar-refractivity contribution in [3.05, 3.63) is 27.9 Å². The molecule has 3 heterocycles. The Morgan fingerprint density at radius 2 is 2.21 bits per heavy atom. The Bertz CT molecular complexity index is 501. The second kappa shape index (κ2) is 6.13. The number of piperidine rings is 1. The minimum absolute atomic E-state index is 0.452. The van der Waals surface area contributed by atoms with Gasteiger partial charge >= 0.3 is 0 Å². The summed E-state index contributed by atoms with van der Waals surface area (Å²) in [6.07, 6.45) is 2.73. The van der Waals surface area contributed by atoms with Crippen molar-refractivity contribution in [3.63, 3.8) is 0 Å². The highest BCUT2D eigenvalue weighted by Crippen LogP contribution is 2.26. The summed E-state index contributed by atoms with van der Waals surface area (Å²) >= 11 is 3.47. The second-order valence-electron chi connectivity index (χ2n) is 4.87. The standard InChI is InChI=1S/C14H18N2OS2/c1-17-13-2-5-16(6-3-13)8-12-10-19-14(15-12)11-4-7-18-9-11/h4,7,9-10,13H,2-3,5-6,8H2,1H3. The van der Waals surface area contributed by atoms with E-state index >= 15 is 0 Å². The second-order valence-corrected chi connectivity index (χ2v) is 6.51. The third-order valence-corrected chi connectivity index (χ3v) is 5.20. The molecule has 0 amide bonds. The van der Waals surface area contributed by atoms with Gasteiger partial charge in [-0.1, -0.05) is 0 Å². The first kappa shape index (κ1) is 13.2. The first-order valence-electron chi connectivity index (χ1n) is 6.57. The smallest absolute Gasteiger partial charge is 0.124 e. The van der Waals surface area contributed by atoms with Crippen molar-refractivity contribution in [1.82, 2.24) is 9.88 Å². The summed E-state index contributed by atoms with van der Waals surface area (Å²) in [4.78, 5) is 7.21. The molecule has 19 heavy (non-hydrogen) atoms. The van der Waals surface area contributed by atoms with Gasteiger partial charge in [0, 0.05) is 43.1 Å². The van der Waals surface area contributed by atoms with E-state index in [1.54, 1.807) is 22.7 Å². The zero-order valence-electron chi connectivity index (χ0n) is 11.0. The Balaban J connectivity index is 1.59. The maximum absolute atomic E-state index is 5.40. The van der Waals surface area contributed by atoms with E-state index in [2.05, 4.69) is 27.1 Å².